The third kappa shape index (κ3) is 3.21. The van der Waals surface area contributed by atoms with Crippen LogP contribution in [-0.2, 0) is 4.79 Å². The summed E-state index contributed by atoms with van der Waals surface area (Å²) in [5.74, 6) is 3.67. The van der Waals surface area contributed by atoms with Crippen LogP contribution in [-0.4, -0.2) is 12.0 Å². The molecule has 0 amide bonds. The van der Waals surface area contributed by atoms with Crippen LogP contribution < -0.4 is 0 Å². The van der Waals surface area contributed by atoms with Crippen molar-refractivity contribution in [2.24, 2.45) is 34.5 Å². The van der Waals surface area contributed by atoms with E-state index in [1.807, 2.05) is 0 Å². The minimum atomic E-state index is -0.837. The highest BCUT2D eigenvalue weighted by molar-refractivity contribution is 5.98. The Bertz CT molecular complexity index is 516. The zero-order valence-corrected chi connectivity index (χ0v) is 17.8. The van der Waals surface area contributed by atoms with E-state index in [-0.39, 0.29) is 0 Å². The molecule has 0 aromatic rings. The second-order valence-electron chi connectivity index (χ2n) is 10.8. The quantitative estimate of drug-likeness (QED) is 0.504. The SMILES string of the molecule is CCCC1CCC(C2CCC3(CC2)C(=O)C2(CCC(CC)CC2)[C@H]3F)CC1. The maximum atomic E-state index is 15.6. The van der Waals surface area contributed by atoms with Crippen LogP contribution in [0.25, 0.3) is 0 Å². The molecule has 0 aromatic heterocycles. The number of alkyl halides is 1. The van der Waals surface area contributed by atoms with E-state index in [2.05, 4.69) is 13.8 Å². The molecule has 4 rings (SSSR count). The molecule has 0 aliphatic heterocycles. The third-order valence-corrected chi connectivity index (χ3v) is 9.63. The lowest BCUT2D eigenvalue weighted by atomic mass is 9.41. The van der Waals surface area contributed by atoms with Crippen LogP contribution in [0.5, 0.6) is 0 Å². The molecule has 0 saturated heterocycles. The minimum absolute atomic E-state index is 0.349. The minimum Gasteiger partial charge on any atom is -0.298 e. The van der Waals surface area contributed by atoms with Crippen LogP contribution in [0.2, 0.25) is 0 Å². The summed E-state index contributed by atoms with van der Waals surface area (Å²) in [6.45, 7) is 4.54. The summed E-state index contributed by atoms with van der Waals surface area (Å²) in [7, 11) is 0. The van der Waals surface area contributed by atoms with E-state index in [1.165, 1.54) is 44.9 Å². The molecule has 2 heteroatoms. The lowest BCUT2D eigenvalue weighted by molar-refractivity contribution is -0.194. The highest BCUT2D eigenvalue weighted by Gasteiger charge is 2.71. The van der Waals surface area contributed by atoms with Crippen molar-refractivity contribution in [1.82, 2.24) is 0 Å². The standard InChI is InChI=1S/C25H41FO/c1-3-5-19-6-8-20(9-7-19)21-12-16-25(17-13-21)22(26)24(23(25)27)14-10-18(4-2)11-15-24/h18-22H,3-17H2,1-2H3/t18?,19?,20?,21?,22-,24?,25?/m1/s1. The molecule has 1 atom stereocenters. The molecule has 0 aromatic carbocycles. The summed E-state index contributed by atoms with van der Waals surface area (Å²) in [4.78, 5) is 13.3. The fourth-order valence-corrected chi connectivity index (χ4v) is 7.72. The average molecular weight is 377 g/mol. The van der Waals surface area contributed by atoms with Gasteiger partial charge in [-0.25, -0.2) is 4.39 Å². The fourth-order valence-electron chi connectivity index (χ4n) is 7.72. The summed E-state index contributed by atoms with van der Waals surface area (Å²) in [6, 6.07) is 0. The maximum absolute atomic E-state index is 15.6. The lowest BCUT2D eigenvalue weighted by Gasteiger charge is -2.61. The van der Waals surface area contributed by atoms with Crippen molar-refractivity contribution in [2.45, 2.75) is 116 Å². The average Bonchev–Trinajstić information content (AvgIpc) is 2.74. The first-order valence-corrected chi connectivity index (χ1v) is 12.2. The van der Waals surface area contributed by atoms with Gasteiger partial charge in [0.15, 0.2) is 5.78 Å². The molecular formula is C25H41FO. The van der Waals surface area contributed by atoms with Crippen LogP contribution in [0.3, 0.4) is 0 Å². The monoisotopic (exact) mass is 376 g/mol. The summed E-state index contributed by atoms with van der Waals surface area (Å²) in [6.07, 6.45) is 16.4. The van der Waals surface area contributed by atoms with E-state index in [0.717, 1.165) is 75.0 Å². The number of hydrogen-bond donors (Lipinski definition) is 0. The molecule has 154 valence electrons. The van der Waals surface area contributed by atoms with Crippen molar-refractivity contribution in [1.29, 1.82) is 0 Å². The number of Topliss-reactive ketones (excluding diaryl/α,β-unsaturated/α-hetero) is 1. The summed E-state index contributed by atoms with van der Waals surface area (Å²) in [5, 5.41) is 0. The number of carbonyl (C=O) groups excluding carboxylic acids is 1. The summed E-state index contributed by atoms with van der Waals surface area (Å²) < 4.78 is 15.6. The van der Waals surface area contributed by atoms with E-state index in [9.17, 15) is 4.79 Å². The number of hydrogen-bond acceptors (Lipinski definition) is 1. The number of halogens is 1. The molecule has 0 radical (unpaired) electrons. The largest absolute Gasteiger partial charge is 0.298 e. The first kappa shape index (κ1) is 19.9. The van der Waals surface area contributed by atoms with E-state index in [1.54, 1.807) is 0 Å². The molecule has 0 heterocycles. The molecule has 4 saturated carbocycles. The highest BCUT2D eigenvalue weighted by Crippen LogP contribution is 2.66. The zero-order valence-electron chi connectivity index (χ0n) is 17.8. The van der Waals surface area contributed by atoms with Gasteiger partial charge in [-0.15, -0.1) is 0 Å². The smallest absolute Gasteiger partial charge is 0.151 e. The Morgan fingerprint density at radius 3 is 1.78 bits per heavy atom. The first-order chi connectivity index (χ1) is 13.1. The van der Waals surface area contributed by atoms with Crippen molar-refractivity contribution < 1.29 is 9.18 Å². The molecule has 4 fully saturated rings. The van der Waals surface area contributed by atoms with Crippen LogP contribution in [0.4, 0.5) is 4.39 Å². The predicted molar refractivity (Wildman–Crippen MR) is 109 cm³/mol. The Morgan fingerprint density at radius 2 is 1.30 bits per heavy atom. The normalized spacial score (nSPS) is 48.0. The van der Waals surface area contributed by atoms with Gasteiger partial charge >= 0.3 is 0 Å². The van der Waals surface area contributed by atoms with Crippen LogP contribution in [0, 0.1) is 34.5 Å². The third-order valence-electron chi connectivity index (χ3n) is 9.63. The number of carbonyl (C=O) groups is 1. The Balaban J connectivity index is 1.31. The van der Waals surface area contributed by atoms with Crippen LogP contribution in [0.15, 0.2) is 0 Å². The van der Waals surface area contributed by atoms with Gasteiger partial charge in [0.1, 0.15) is 6.17 Å². The highest BCUT2D eigenvalue weighted by atomic mass is 19.1. The van der Waals surface area contributed by atoms with E-state index < -0.39 is 17.0 Å². The van der Waals surface area contributed by atoms with Crippen molar-refractivity contribution >= 4 is 5.78 Å². The number of rotatable bonds is 4. The Morgan fingerprint density at radius 1 is 0.778 bits per heavy atom. The molecule has 0 N–H and O–H groups in total. The van der Waals surface area contributed by atoms with E-state index in [4.69, 9.17) is 0 Å². The molecule has 2 spiro atoms. The summed E-state index contributed by atoms with van der Waals surface area (Å²) in [5.41, 5.74) is -1.12. The zero-order chi connectivity index (χ0) is 19.1. The lowest BCUT2D eigenvalue weighted by Crippen LogP contribution is -2.69. The Labute approximate surface area is 166 Å². The summed E-state index contributed by atoms with van der Waals surface area (Å²) >= 11 is 0. The molecule has 0 bridgehead atoms. The molecule has 1 nitrogen and oxygen atoms in total. The van der Waals surface area contributed by atoms with Gasteiger partial charge in [0.25, 0.3) is 0 Å². The van der Waals surface area contributed by atoms with Gasteiger partial charge in [0.2, 0.25) is 0 Å². The van der Waals surface area contributed by atoms with E-state index in [0.29, 0.717) is 5.78 Å². The van der Waals surface area contributed by atoms with Gasteiger partial charge in [-0.1, -0.05) is 46.0 Å². The topological polar surface area (TPSA) is 17.1 Å². The van der Waals surface area contributed by atoms with Crippen molar-refractivity contribution in [3.05, 3.63) is 0 Å². The molecule has 0 unspecified atom stereocenters. The van der Waals surface area contributed by atoms with Gasteiger partial charge in [-0.2, -0.15) is 0 Å². The van der Waals surface area contributed by atoms with Gasteiger partial charge < -0.3 is 0 Å². The Hall–Kier alpha value is -0.400. The molecule has 4 aliphatic carbocycles. The first-order valence-electron chi connectivity index (χ1n) is 12.2. The second kappa shape index (κ2) is 7.79. The van der Waals surface area contributed by atoms with Crippen molar-refractivity contribution in [3.63, 3.8) is 0 Å². The molecule has 4 aliphatic rings. The van der Waals surface area contributed by atoms with Crippen molar-refractivity contribution in [2.75, 3.05) is 0 Å². The Kier molecular flexibility index (Phi) is 5.74. The fraction of sp³-hybridized carbons (Fsp3) is 0.960. The van der Waals surface area contributed by atoms with Gasteiger partial charge in [-0.3, -0.25) is 4.79 Å². The van der Waals surface area contributed by atoms with Crippen LogP contribution >= 0.6 is 0 Å². The van der Waals surface area contributed by atoms with Crippen molar-refractivity contribution in [3.8, 4) is 0 Å². The van der Waals surface area contributed by atoms with Gasteiger partial charge in [0.05, 0.1) is 10.8 Å². The second-order valence-corrected chi connectivity index (χ2v) is 10.8. The van der Waals surface area contributed by atoms with Gasteiger partial charge in [0, 0.05) is 0 Å². The predicted octanol–water partition coefficient (Wildman–Crippen LogP) is 7.28. The van der Waals surface area contributed by atoms with Gasteiger partial charge in [-0.05, 0) is 87.9 Å². The number of ketones is 1. The van der Waals surface area contributed by atoms with Crippen LogP contribution in [0.1, 0.15) is 110 Å². The molecule has 27 heavy (non-hydrogen) atoms. The molecular weight excluding hydrogens is 335 g/mol. The maximum Gasteiger partial charge on any atom is 0.151 e. The van der Waals surface area contributed by atoms with E-state index >= 15 is 4.39 Å².